The molecule has 0 atom stereocenters. The molecule has 0 unspecified atom stereocenters. The number of amides is 1. The topological polar surface area (TPSA) is 83.1 Å². The van der Waals surface area contributed by atoms with Crippen LogP contribution in [0.2, 0.25) is 10.0 Å². The van der Waals surface area contributed by atoms with Crippen molar-refractivity contribution in [1.82, 2.24) is 4.90 Å². The molecule has 9 heteroatoms. The van der Waals surface area contributed by atoms with Gasteiger partial charge in [0, 0.05) is 23.2 Å². The Balaban J connectivity index is 1.62. The van der Waals surface area contributed by atoms with Crippen LogP contribution in [-0.4, -0.2) is 33.6 Å². The Morgan fingerprint density at radius 3 is 2.72 bits per heavy atom. The molecule has 0 radical (unpaired) electrons. The maximum Gasteiger partial charge on any atom is 0.335 e. The van der Waals surface area contributed by atoms with E-state index in [0.717, 1.165) is 0 Å². The SMILES string of the molecule is CCN1C(=O)/C(=C\c2ccc(-c3ccc(Cl)cc3Cl)o2)SC1=Nc1cccc(C(=O)O)c1. The van der Waals surface area contributed by atoms with Crippen LogP contribution < -0.4 is 0 Å². The van der Waals surface area contributed by atoms with Gasteiger partial charge in [-0.3, -0.25) is 9.69 Å². The van der Waals surface area contributed by atoms with Crippen molar-refractivity contribution >= 4 is 63.8 Å². The first-order chi connectivity index (χ1) is 15.4. The largest absolute Gasteiger partial charge is 0.478 e. The third-order valence-corrected chi connectivity index (χ3v) is 6.17. The van der Waals surface area contributed by atoms with E-state index in [1.165, 1.54) is 28.8 Å². The predicted octanol–water partition coefficient (Wildman–Crippen LogP) is 6.58. The van der Waals surface area contributed by atoms with Gasteiger partial charge in [0.25, 0.3) is 5.91 Å². The molecule has 1 saturated heterocycles. The zero-order chi connectivity index (χ0) is 22.8. The van der Waals surface area contributed by atoms with Crippen molar-refractivity contribution in [3.63, 3.8) is 0 Å². The van der Waals surface area contributed by atoms with Crippen molar-refractivity contribution < 1.29 is 19.1 Å². The first-order valence-corrected chi connectivity index (χ1v) is 11.1. The van der Waals surface area contributed by atoms with Crippen LogP contribution in [0.4, 0.5) is 5.69 Å². The van der Waals surface area contributed by atoms with Gasteiger partial charge in [-0.15, -0.1) is 0 Å². The average molecular weight is 487 g/mol. The minimum absolute atomic E-state index is 0.129. The van der Waals surface area contributed by atoms with E-state index < -0.39 is 5.97 Å². The van der Waals surface area contributed by atoms with Gasteiger partial charge in [-0.1, -0.05) is 29.3 Å². The molecule has 1 fully saturated rings. The van der Waals surface area contributed by atoms with Crippen LogP contribution in [0.5, 0.6) is 0 Å². The van der Waals surface area contributed by atoms with Crippen molar-refractivity contribution in [2.24, 2.45) is 4.99 Å². The molecule has 32 heavy (non-hydrogen) atoms. The van der Waals surface area contributed by atoms with Crippen LogP contribution in [-0.2, 0) is 4.79 Å². The lowest BCUT2D eigenvalue weighted by Gasteiger charge is -2.12. The average Bonchev–Trinajstić information content (AvgIpc) is 3.33. The van der Waals surface area contributed by atoms with E-state index in [0.29, 0.717) is 49.4 Å². The van der Waals surface area contributed by atoms with Gasteiger partial charge in [0.15, 0.2) is 5.17 Å². The molecular formula is C23H16Cl2N2O4S. The number of aromatic carboxylic acids is 1. The van der Waals surface area contributed by atoms with Gasteiger partial charge in [-0.05, 0) is 67.2 Å². The third kappa shape index (κ3) is 4.60. The minimum Gasteiger partial charge on any atom is -0.478 e. The second-order valence-electron chi connectivity index (χ2n) is 6.74. The van der Waals surface area contributed by atoms with Gasteiger partial charge in [0.1, 0.15) is 11.5 Å². The first kappa shape index (κ1) is 22.2. The number of furan rings is 1. The van der Waals surface area contributed by atoms with Crippen molar-refractivity contribution in [3.05, 3.63) is 80.9 Å². The number of thioether (sulfide) groups is 1. The van der Waals surface area contributed by atoms with Crippen LogP contribution in [0.3, 0.4) is 0 Å². The van der Waals surface area contributed by atoms with Crippen molar-refractivity contribution in [2.75, 3.05) is 6.54 Å². The van der Waals surface area contributed by atoms with E-state index in [1.54, 1.807) is 48.5 Å². The zero-order valence-corrected chi connectivity index (χ0v) is 19.0. The fourth-order valence-electron chi connectivity index (χ4n) is 3.08. The van der Waals surface area contributed by atoms with Crippen molar-refractivity contribution in [1.29, 1.82) is 0 Å². The Morgan fingerprint density at radius 2 is 2.00 bits per heavy atom. The number of halogens is 2. The number of likely N-dealkylation sites (N-methyl/N-ethyl adjacent to an activating group) is 1. The number of aliphatic imine (C=N–C) groups is 1. The summed E-state index contributed by atoms with van der Waals surface area (Å²) in [5.74, 6) is -0.189. The van der Waals surface area contributed by atoms with Crippen LogP contribution in [0, 0.1) is 0 Å². The number of nitrogens with zero attached hydrogens (tertiary/aromatic N) is 2. The number of carboxylic acids is 1. The fraction of sp³-hybridized carbons (Fsp3) is 0.0870. The molecule has 1 N–H and O–H groups in total. The number of hydrogen-bond acceptors (Lipinski definition) is 5. The van der Waals surface area contributed by atoms with E-state index in [9.17, 15) is 14.7 Å². The lowest BCUT2D eigenvalue weighted by Crippen LogP contribution is -2.28. The number of carbonyl (C=O) groups is 2. The van der Waals surface area contributed by atoms with Gasteiger partial charge in [0.2, 0.25) is 0 Å². The smallest absolute Gasteiger partial charge is 0.335 e. The summed E-state index contributed by atoms with van der Waals surface area (Å²) >= 11 is 13.4. The lowest BCUT2D eigenvalue weighted by atomic mass is 10.2. The number of amidine groups is 1. The molecule has 0 saturated carbocycles. The molecule has 1 aliphatic heterocycles. The van der Waals surface area contributed by atoms with Crippen LogP contribution >= 0.6 is 35.0 Å². The van der Waals surface area contributed by atoms with Crippen molar-refractivity contribution in [3.8, 4) is 11.3 Å². The molecule has 0 aliphatic carbocycles. The molecule has 4 rings (SSSR count). The van der Waals surface area contributed by atoms with Crippen molar-refractivity contribution in [2.45, 2.75) is 6.92 Å². The standard InChI is InChI=1S/C23H16Cl2N2O4S/c1-2-27-21(28)20(32-23(27)26-15-5-3-4-13(10-15)22(29)30)12-16-7-9-19(31-16)17-8-6-14(24)11-18(17)25/h3-12H,2H2,1H3,(H,29,30)/b20-12+,26-23?. The summed E-state index contributed by atoms with van der Waals surface area (Å²) in [6, 6.07) is 14.9. The van der Waals surface area contributed by atoms with Crippen LogP contribution in [0.25, 0.3) is 17.4 Å². The normalized spacial score (nSPS) is 16.3. The van der Waals surface area contributed by atoms with Crippen LogP contribution in [0.15, 0.2) is 68.9 Å². The Hall–Kier alpha value is -3.00. The second-order valence-corrected chi connectivity index (χ2v) is 8.59. The number of benzene rings is 2. The highest BCUT2D eigenvalue weighted by Crippen LogP contribution is 2.36. The van der Waals surface area contributed by atoms with Gasteiger partial charge < -0.3 is 9.52 Å². The lowest BCUT2D eigenvalue weighted by molar-refractivity contribution is -0.122. The molecule has 1 aliphatic rings. The summed E-state index contributed by atoms with van der Waals surface area (Å²) in [6.07, 6.45) is 1.65. The third-order valence-electron chi connectivity index (χ3n) is 4.62. The summed E-state index contributed by atoms with van der Waals surface area (Å²) < 4.78 is 5.87. The Morgan fingerprint density at radius 1 is 1.19 bits per heavy atom. The number of rotatable bonds is 5. The highest BCUT2D eigenvalue weighted by molar-refractivity contribution is 8.18. The van der Waals surface area contributed by atoms with E-state index in [4.69, 9.17) is 27.6 Å². The molecule has 1 amide bonds. The van der Waals surface area contributed by atoms with E-state index in [1.807, 2.05) is 6.92 Å². The molecule has 6 nitrogen and oxygen atoms in total. The highest BCUT2D eigenvalue weighted by atomic mass is 35.5. The van der Waals surface area contributed by atoms with E-state index in [-0.39, 0.29) is 11.5 Å². The molecule has 2 heterocycles. The number of carboxylic acid groups (broad SMARTS) is 1. The highest BCUT2D eigenvalue weighted by Gasteiger charge is 2.32. The molecule has 3 aromatic rings. The number of carbonyl (C=O) groups excluding carboxylic acids is 1. The molecule has 1 aromatic heterocycles. The second kappa shape index (κ2) is 9.24. The molecule has 0 bridgehead atoms. The predicted molar refractivity (Wildman–Crippen MR) is 128 cm³/mol. The Kier molecular flexibility index (Phi) is 6.41. The van der Waals surface area contributed by atoms with Crippen LogP contribution in [0.1, 0.15) is 23.0 Å². The Bertz CT molecular complexity index is 1280. The van der Waals surface area contributed by atoms with E-state index in [2.05, 4.69) is 4.99 Å². The molecule has 2 aromatic carbocycles. The molecular weight excluding hydrogens is 471 g/mol. The monoisotopic (exact) mass is 486 g/mol. The maximum absolute atomic E-state index is 12.9. The summed E-state index contributed by atoms with van der Waals surface area (Å²) in [5, 5.41) is 10.6. The van der Waals surface area contributed by atoms with Gasteiger partial charge in [0.05, 0.1) is 21.2 Å². The van der Waals surface area contributed by atoms with Gasteiger partial charge in [-0.25, -0.2) is 9.79 Å². The first-order valence-electron chi connectivity index (χ1n) is 9.54. The Labute approximate surface area is 198 Å². The summed E-state index contributed by atoms with van der Waals surface area (Å²) in [4.78, 5) is 30.5. The summed E-state index contributed by atoms with van der Waals surface area (Å²) in [5.41, 5.74) is 1.28. The quantitative estimate of drug-likeness (QED) is 0.412. The fourth-order valence-corrected chi connectivity index (χ4v) is 4.63. The molecule has 0 spiro atoms. The van der Waals surface area contributed by atoms with E-state index >= 15 is 0 Å². The number of hydrogen-bond donors (Lipinski definition) is 1. The minimum atomic E-state index is -1.04. The van der Waals surface area contributed by atoms with Gasteiger partial charge in [-0.2, -0.15) is 0 Å². The zero-order valence-electron chi connectivity index (χ0n) is 16.7. The molecule has 162 valence electrons. The summed E-state index contributed by atoms with van der Waals surface area (Å²) in [7, 11) is 0. The van der Waals surface area contributed by atoms with Gasteiger partial charge >= 0.3 is 5.97 Å². The summed E-state index contributed by atoms with van der Waals surface area (Å²) in [6.45, 7) is 2.27. The maximum atomic E-state index is 12.9.